The zero-order valence-corrected chi connectivity index (χ0v) is 15.6. The molecule has 3 nitrogen and oxygen atoms in total. The number of nitrogens with one attached hydrogen (secondary N) is 1. The van der Waals surface area contributed by atoms with Crippen LogP contribution in [-0.4, -0.2) is 5.91 Å². The molecule has 0 saturated heterocycles. The van der Waals surface area contributed by atoms with Crippen LogP contribution in [0.3, 0.4) is 0 Å². The predicted octanol–water partition coefficient (Wildman–Crippen LogP) is 6.28. The summed E-state index contributed by atoms with van der Waals surface area (Å²) < 4.78 is 5.80. The largest absolute Gasteiger partial charge is 0.457 e. The van der Waals surface area contributed by atoms with Gasteiger partial charge in [0, 0.05) is 5.69 Å². The molecule has 0 fully saturated rings. The molecule has 26 heavy (non-hydrogen) atoms. The van der Waals surface area contributed by atoms with E-state index in [9.17, 15) is 4.79 Å². The van der Waals surface area contributed by atoms with Crippen LogP contribution in [0.1, 0.15) is 11.1 Å². The lowest BCUT2D eigenvalue weighted by atomic mass is 10.1. The number of amides is 1. The number of rotatable bonds is 5. The summed E-state index contributed by atoms with van der Waals surface area (Å²) in [5.41, 5.74) is 2.64. The fraction of sp³-hybridized carbons (Fsp3) is 0.0952. The number of aryl methyl sites for hydroxylation is 1. The zero-order chi connectivity index (χ0) is 18.5. The van der Waals surface area contributed by atoms with Crippen LogP contribution in [0.5, 0.6) is 11.5 Å². The molecule has 3 aromatic carbocycles. The molecule has 0 spiro atoms. The van der Waals surface area contributed by atoms with Crippen molar-refractivity contribution in [3.8, 4) is 11.5 Å². The Bertz CT molecular complexity index is 924. The van der Waals surface area contributed by atoms with Crippen LogP contribution in [0.2, 0.25) is 10.0 Å². The number of halogens is 2. The molecule has 5 heteroatoms. The topological polar surface area (TPSA) is 38.3 Å². The lowest BCUT2D eigenvalue weighted by Gasteiger charge is -2.09. The fourth-order valence-electron chi connectivity index (χ4n) is 2.46. The Labute approximate surface area is 162 Å². The molecule has 0 aliphatic heterocycles. The Morgan fingerprint density at radius 3 is 2.38 bits per heavy atom. The first-order valence-corrected chi connectivity index (χ1v) is 8.83. The van der Waals surface area contributed by atoms with E-state index >= 15 is 0 Å². The molecule has 0 atom stereocenters. The Balaban J connectivity index is 1.59. The van der Waals surface area contributed by atoms with Gasteiger partial charge in [-0.1, -0.05) is 41.4 Å². The summed E-state index contributed by atoms with van der Waals surface area (Å²) >= 11 is 11.9. The molecule has 0 heterocycles. The molecule has 1 N–H and O–H groups in total. The van der Waals surface area contributed by atoms with Crippen molar-refractivity contribution in [3.63, 3.8) is 0 Å². The van der Waals surface area contributed by atoms with Gasteiger partial charge in [0.25, 0.3) is 0 Å². The first-order chi connectivity index (χ1) is 12.5. The quantitative estimate of drug-likeness (QED) is 0.561. The summed E-state index contributed by atoms with van der Waals surface area (Å²) in [7, 11) is 0. The molecular weight excluding hydrogens is 369 g/mol. The van der Waals surface area contributed by atoms with Crippen LogP contribution < -0.4 is 10.1 Å². The van der Waals surface area contributed by atoms with Gasteiger partial charge in [0.15, 0.2) is 0 Å². The lowest BCUT2D eigenvalue weighted by Crippen LogP contribution is -2.14. The van der Waals surface area contributed by atoms with E-state index in [4.69, 9.17) is 27.9 Å². The number of ether oxygens (including phenoxy) is 1. The number of anilines is 1. The number of carbonyl (C=O) groups is 1. The van der Waals surface area contributed by atoms with Crippen LogP contribution in [0.4, 0.5) is 5.69 Å². The highest BCUT2D eigenvalue weighted by atomic mass is 35.5. The van der Waals surface area contributed by atoms with Crippen LogP contribution >= 0.6 is 23.2 Å². The van der Waals surface area contributed by atoms with E-state index in [0.717, 1.165) is 16.9 Å². The van der Waals surface area contributed by atoms with E-state index in [1.165, 1.54) is 0 Å². The molecule has 0 aliphatic rings. The highest BCUT2D eigenvalue weighted by Crippen LogP contribution is 2.25. The van der Waals surface area contributed by atoms with E-state index < -0.39 is 0 Å². The number of carbonyl (C=O) groups excluding carboxylic acids is 1. The fourth-order valence-corrected chi connectivity index (χ4v) is 2.78. The van der Waals surface area contributed by atoms with E-state index in [0.29, 0.717) is 21.5 Å². The van der Waals surface area contributed by atoms with Gasteiger partial charge in [0.2, 0.25) is 5.91 Å². The molecule has 0 saturated carbocycles. The lowest BCUT2D eigenvalue weighted by molar-refractivity contribution is -0.115. The maximum absolute atomic E-state index is 12.2. The first kappa shape index (κ1) is 18.3. The summed E-state index contributed by atoms with van der Waals surface area (Å²) in [6.45, 7) is 2.01. The molecular formula is C21H17Cl2NO2. The second-order valence-electron chi connectivity index (χ2n) is 5.92. The van der Waals surface area contributed by atoms with Crippen molar-refractivity contribution in [2.75, 3.05) is 5.32 Å². The van der Waals surface area contributed by atoms with Crippen LogP contribution in [-0.2, 0) is 11.2 Å². The Hall–Kier alpha value is -2.49. The molecule has 3 aromatic rings. The Kier molecular flexibility index (Phi) is 5.82. The van der Waals surface area contributed by atoms with Gasteiger partial charge in [-0.25, -0.2) is 0 Å². The van der Waals surface area contributed by atoms with Gasteiger partial charge >= 0.3 is 0 Å². The highest BCUT2D eigenvalue weighted by molar-refractivity contribution is 6.42. The normalized spacial score (nSPS) is 10.4. The third-order valence-corrected chi connectivity index (χ3v) is 4.45. The first-order valence-electron chi connectivity index (χ1n) is 8.08. The van der Waals surface area contributed by atoms with Crippen molar-refractivity contribution in [3.05, 3.63) is 87.9 Å². The molecule has 3 rings (SSSR count). The van der Waals surface area contributed by atoms with Crippen LogP contribution in [0.25, 0.3) is 0 Å². The second kappa shape index (κ2) is 8.26. The standard InChI is InChI=1S/C21H17Cl2NO2/c1-14-3-2-4-18(11-14)26-17-8-6-16(7-9-17)24-21(25)13-15-5-10-19(22)20(23)12-15/h2-12H,13H2,1H3,(H,24,25). The monoisotopic (exact) mass is 385 g/mol. The van der Waals surface area contributed by atoms with Crippen molar-refractivity contribution in [1.82, 2.24) is 0 Å². The summed E-state index contributed by atoms with van der Waals surface area (Å²) in [5, 5.41) is 3.77. The van der Waals surface area contributed by atoms with Gasteiger partial charge < -0.3 is 10.1 Å². The molecule has 0 unspecified atom stereocenters. The van der Waals surface area contributed by atoms with Crippen molar-refractivity contribution >= 4 is 34.8 Å². The maximum atomic E-state index is 12.2. The van der Waals surface area contributed by atoms with Gasteiger partial charge in [-0.05, 0) is 66.6 Å². The molecule has 0 radical (unpaired) electrons. The summed E-state index contributed by atoms with van der Waals surface area (Å²) in [6.07, 6.45) is 0.221. The third kappa shape index (κ3) is 5.01. The second-order valence-corrected chi connectivity index (χ2v) is 6.73. The van der Waals surface area contributed by atoms with Crippen molar-refractivity contribution < 1.29 is 9.53 Å². The van der Waals surface area contributed by atoms with Gasteiger partial charge in [0.05, 0.1) is 16.5 Å². The SMILES string of the molecule is Cc1cccc(Oc2ccc(NC(=O)Cc3ccc(Cl)c(Cl)c3)cc2)c1. The molecule has 132 valence electrons. The van der Waals surface area contributed by atoms with E-state index in [-0.39, 0.29) is 12.3 Å². The number of benzene rings is 3. The highest BCUT2D eigenvalue weighted by Gasteiger charge is 2.07. The average Bonchev–Trinajstić information content (AvgIpc) is 2.60. The average molecular weight is 386 g/mol. The van der Waals surface area contributed by atoms with Gasteiger partial charge in [-0.2, -0.15) is 0 Å². The van der Waals surface area contributed by atoms with Crippen molar-refractivity contribution in [1.29, 1.82) is 0 Å². The summed E-state index contributed by atoms with van der Waals surface area (Å²) in [5.74, 6) is 1.36. The Morgan fingerprint density at radius 1 is 0.923 bits per heavy atom. The maximum Gasteiger partial charge on any atom is 0.228 e. The molecule has 0 bridgehead atoms. The smallest absolute Gasteiger partial charge is 0.228 e. The van der Waals surface area contributed by atoms with Gasteiger partial charge in [-0.3, -0.25) is 4.79 Å². The summed E-state index contributed by atoms with van der Waals surface area (Å²) in [6, 6.07) is 20.2. The Morgan fingerprint density at radius 2 is 1.69 bits per heavy atom. The van der Waals surface area contributed by atoms with Crippen LogP contribution in [0.15, 0.2) is 66.7 Å². The van der Waals surface area contributed by atoms with E-state index in [2.05, 4.69) is 5.32 Å². The van der Waals surface area contributed by atoms with Crippen molar-refractivity contribution in [2.45, 2.75) is 13.3 Å². The molecule has 0 aromatic heterocycles. The van der Waals surface area contributed by atoms with Gasteiger partial charge in [-0.15, -0.1) is 0 Å². The number of hydrogen-bond donors (Lipinski definition) is 1. The number of hydrogen-bond acceptors (Lipinski definition) is 2. The predicted molar refractivity (Wildman–Crippen MR) is 106 cm³/mol. The van der Waals surface area contributed by atoms with Gasteiger partial charge in [0.1, 0.15) is 11.5 Å². The third-order valence-electron chi connectivity index (χ3n) is 3.71. The minimum Gasteiger partial charge on any atom is -0.457 e. The minimum absolute atomic E-state index is 0.129. The van der Waals surface area contributed by atoms with E-state index in [1.54, 1.807) is 30.3 Å². The molecule has 1 amide bonds. The van der Waals surface area contributed by atoms with Crippen LogP contribution in [0, 0.1) is 6.92 Å². The molecule has 0 aliphatic carbocycles. The minimum atomic E-state index is -0.129. The summed E-state index contributed by atoms with van der Waals surface area (Å²) in [4.78, 5) is 12.2. The van der Waals surface area contributed by atoms with E-state index in [1.807, 2.05) is 43.3 Å². The van der Waals surface area contributed by atoms with Crippen molar-refractivity contribution in [2.24, 2.45) is 0 Å². The zero-order valence-electron chi connectivity index (χ0n) is 14.1.